The first-order chi connectivity index (χ1) is 11.4. The van der Waals surface area contributed by atoms with Gasteiger partial charge in [0, 0.05) is 11.1 Å². The Balaban J connectivity index is 1.59. The molecule has 2 fully saturated rings. The van der Waals surface area contributed by atoms with Crippen molar-refractivity contribution in [1.29, 1.82) is 0 Å². The van der Waals surface area contributed by atoms with Gasteiger partial charge in [-0.05, 0) is 31.3 Å². The minimum absolute atomic E-state index is 0.0794. The van der Waals surface area contributed by atoms with Crippen LogP contribution in [-0.2, 0) is 9.84 Å². The zero-order chi connectivity index (χ0) is 16.9. The number of ether oxygens (including phenoxy) is 1. The quantitative estimate of drug-likeness (QED) is 0.629. The number of hydrogen-bond donors (Lipinski definition) is 1. The highest BCUT2D eigenvalue weighted by molar-refractivity contribution is 7.91. The number of nitrogens with one attached hydrogen (secondary N) is 1. The predicted octanol–water partition coefficient (Wildman–Crippen LogP) is 1.19. The first-order valence-electron chi connectivity index (χ1n) is 7.74. The van der Waals surface area contributed by atoms with E-state index in [1.165, 1.54) is 0 Å². The van der Waals surface area contributed by atoms with Crippen LogP contribution in [0.25, 0.3) is 6.08 Å². The van der Waals surface area contributed by atoms with E-state index in [2.05, 4.69) is 10.4 Å². The molecule has 3 heterocycles. The zero-order valence-electron chi connectivity index (χ0n) is 13.0. The van der Waals surface area contributed by atoms with E-state index in [4.69, 9.17) is 17.0 Å². The van der Waals surface area contributed by atoms with Gasteiger partial charge < -0.3 is 10.1 Å². The smallest absolute Gasteiger partial charge is 0.190 e. The Morgan fingerprint density at radius 1 is 1.38 bits per heavy atom. The summed E-state index contributed by atoms with van der Waals surface area (Å²) in [7, 11) is -3.03. The summed E-state index contributed by atoms with van der Waals surface area (Å²) in [5, 5.41) is 9.58. The van der Waals surface area contributed by atoms with Crippen LogP contribution < -0.4 is 10.1 Å². The first kappa shape index (κ1) is 15.6. The maximum absolute atomic E-state index is 11.8. The molecule has 126 valence electrons. The van der Waals surface area contributed by atoms with E-state index in [1.807, 2.05) is 37.3 Å². The number of nitrogens with zero attached hydrogens (tertiary/aromatic N) is 2. The Morgan fingerprint density at radius 3 is 3.00 bits per heavy atom. The van der Waals surface area contributed by atoms with Gasteiger partial charge >= 0.3 is 0 Å². The monoisotopic (exact) mass is 363 g/mol. The van der Waals surface area contributed by atoms with Crippen molar-refractivity contribution in [3.63, 3.8) is 0 Å². The highest BCUT2D eigenvalue weighted by atomic mass is 32.2. The molecule has 0 spiro atoms. The van der Waals surface area contributed by atoms with E-state index in [9.17, 15) is 8.42 Å². The lowest BCUT2D eigenvalue weighted by Crippen LogP contribution is -2.33. The normalized spacial score (nSPS) is 30.5. The maximum Gasteiger partial charge on any atom is 0.190 e. The highest BCUT2D eigenvalue weighted by Gasteiger charge is 2.47. The molecule has 0 radical (unpaired) electrons. The molecule has 1 N–H and O–H groups in total. The Labute approximate surface area is 146 Å². The van der Waals surface area contributed by atoms with Crippen LogP contribution in [0.15, 0.2) is 34.9 Å². The lowest BCUT2D eigenvalue weighted by Gasteiger charge is -2.23. The predicted molar refractivity (Wildman–Crippen MR) is 96.8 cm³/mol. The van der Waals surface area contributed by atoms with Crippen molar-refractivity contribution in [2.45, 2.75) is 25.1 Å². The average Bonchev–Trinajstić information content (AvgIpc) is 2.96. The summed E-state index contributed by atoms with van der Waals surface area (Å²) in [5.41, 5.74) is 1.92. The maximum atomic E-state index is 11.8. The Morgan fingerprint density at radius 2 is 2.17 bits per heavy atom. The average molecular weight is 363 g/mol. The molecule has 0 bridgehead atoms. The van der Waals surface area contributed by atoms with Gasteiger partial charge in [0.25, 0.3) is 0 Å². The SMILES string of the molecule is C[C@H]1Oc2ccccc2C=C1/C=N\N1C(=S)N[C@@H]2CS(=O)(=O)C[C@H]21. The zero-order valence-corrected chi connectivity index (χ0v) is 14.7. The van der Waals surface area contributed by atoms with Gasteiger partial charge in [-0.1, -0.05) is 18.2 Å². The fraction of sp³-hybridized carbons (Fsp3) is 0.375. The summed E-state index contributed by atoms with van der Waals surface area (Å²) >= 11 is 5.28. The van der Waals surface area contributed by atoms with Crippen molar-refractivity contribution in [2.75, 3.05) is 11.5 Å². The molecule has 4 rings (SSSR count). The molecule has 8 heteroatoms. The minimum atomic E-state index is -3.03. The van der Waals surface area contributed by atoms with Crippen molar-refractivity contribution in [3.8, 4) is 5.75 Å². The van der Waals surface area contributed by atoms with Gasteiger partial charge in [0.2, 0.25) is 0 Å². The molecular weight excluding hydrogens is 346 g/mol. The third-order valence-electron chi connectivity index (χ3n) is 4.50. The summed E-state index contributed by atoms with van der Waals surface area (Å²) in [6.07, 6.45) is 3.61. The molecule has 0 aromatic heterocycles. The molecule has 0 amide bonds. The molecule has 3 aliphatic heterocycles. The molecular formula is C16H17N3O3S2. The second-order valence-electron chi connectivity index (χ2n) is 6.23. The van der Waals surface area contributed by atoms with Crippen LogP contribution in [0.2, 0.25) is 0 Å². The Bertz CT molecular complexity index is 863. The number of rotatable bonds is 2. The second kappa shape index (κ2) is 5.56. The van der Waals surface area contributed by atoms with Crippen molar-refractivity contribution < 1.29 is 13.2 Å². The highest BCUT2D eigenvalue weighted by Crippen LogP contribution is 2.29. The van der Waals surface area contributed by atoms with Crippen LogP contribution in [0.3, 0.4) is 0 Å². The van der Waals surface area contributed by atoms with Crippen molar-refractivity contribution in [2.24, 2.45) is 5.10 Å². The van der Waals surface area contributed by atoms with E-state index < -0.39 is 9.84 Å². The second-order valence-corrected chi connectivity index (χ2v) is 8.77. The van der Waals surface area contributed by atoms with Crippen LogP contribution in [0.1, 0.15) is 12.5 Å². The third kappa shape index (κ3) is 2.69. The molecule has 1 aromatic carbocycles. The Kier molecular flexibility index (Phi) is 3.61. The van der Waals surface area contributed by atoms with Crippen LogP contribution in [-0.4, -0.2) is 54.4 Å². The summed E-state index contributed by atoms with van der Waals surface area (Å²) in [5.74, 6) is 1.04. The van der Waals surface area contributed by atoms with Crippen LogP contribution >= 0.6 is 12.2 Å². The number of fused-ring (bicyclic) bond motifs is 2. The van der Waals surface area contributed by atoms with Crippen molar-refractivity contribution in [1.82, 2.24) is 10.3 Å². The molecule has 24 heavy (non-hydrogen) atoms. The van der Waals surface area contributed by atoms with Gasteiger partial charge in [-0.3, -0.25) is 0 Å². The lowest BCUT2D eigenvalue weighted by atomic mass is 10.0. The van der Waals surface area contributed by atoms with Gasteiger partial charge in [0.1, 0.15) is 11.9 Å². The van der Waals surface area contributed by atoms with Crippen LogP contribution in [0.5, 0.6) is 5.75 Å². The number of benzene rings is 1. The molecule has 3 aliphatic rings. The topological polar surface area (TPSA) is 71.0 Å². The molecule has 3 atom stereocenters. The van der Waals surface area contributed by atoms with Crippen molar-refractivity contribution >= 4 is 39.5 Å². The van der Waals surface area contributed by atoms with Gasteiger partial charge in [-0.25, -0.2) is 13.4 Å². The fourth-order valence-electron chi connectivity index (χ4n) is 3.25. The van der Waals surface area contributed by atoms with Crippen LogP contribution in [0, 0.1) is 0 Å². The van der Waals surface area contributed by atoms with Crippen molar-refractivity contribution in [3.05, 3.63) is 35.4 Å². The number of hydrogen-bond acceptors (Lipinski definition) is 5. The fourth-order valence-corrected chi connectivity index (χ4v) is 5.47. The summed E-state index contributed by atoms with van der Waals surface area (Å²) in [6, 6.07) is 7.41. The lowest BCUT2D eigenvalue weighted by molar-refractivity contribution is 0.260. The van der Waals surface area contributed by atoms with Gasteiger partial charge in [-0.2, -0.15) is 5.10 Å². The van der Waals surface area contributed by atoms with Gasteiger partial charge in [0.15, 0.2) is 14.9 Å². The van der Waals surface area contributed by atoms with E-state index in [0.717, 1.165) is 16.9 Å². The number of thiocarbonyl (C=S) groups is 1. The van der Waals surface area contributed by atoms with E-state index in [-0.39, 0.29) is 29.7 Å². The van der Waals surface area contributed by atoms with E-state index in [1.54, 1.807) is 11.2 Å². The summed E-state index contributed by atoms with van der Waals surface area (Å²) in [6.45, 7) is 1.96. The van der Waals surface area contributed by atoms with E-state index >= 15 is 0 Å². The van der Waals surface area contributed by atoms with Gasteiger partial charge in [-0.15, -0.1) is 0 Å². The largest absolute Gasteiger partial charge is 0.485 e. The number of sulfone groups is 1. The summed E-state index contributed by atoms with van der Waals surface area (Å²) in [4.78, 5) is 0. The van der Waals surface area contributed by atoms with Crippen LogP contribution in [0.4, 0.5) is 0 Å². The molecule has 2 saturated heterocycles. The molecule has 6 nitrogen and oxygen atoms in total. The molecule has 0 saturated carbocycles. The summed E-state index contributed by atoms with van der Waals surface area (Å²) < 4.78 is 29.5. The number of para-hydroxylation sites is 1. The van der Waals surface area contributed by atoms with Gasteiger partial charge in [0.05, 0.1) is 29.8 Å². The standard InChI is InChI=1S/C16H17N3O3S2/c1-10-12(6-11-4-2-3-5-15(11)22-10)7-17-19-14-9-24(20,21)8-13(14)18-16(19)23/h2-7,10,13-14H,8-9H2,1H3,(H,18,23)/b17-7-/t10-,13-,14-/m1/s1. The molecule has 1 aromatic rings. The first-order valence-corrected chi connectivity index (χ1v) is 9.97. The number of hydrazone groups is 1. The van der Waals surface area contributed by atoms with E-state index in [0.29, 0.717) is 5.11 Å². The third-order valence-corrected chi connectivity index (χ3v) is 6.52. The molecule has 0 unspecified atom stereocenters. The molecule has 0 aliphatic carbocycles. The Hall–Kier alpha value is -1.93. The minimum Gasteiger partial charge on any atom is -0.485 e.